The highest BCUT2D eigenvalue weighted by Crippen LogP contribution is 2.15. The van der Waals surface area contributed by atoms with Gasteiger partial charge in [-0.2, -0.15) is 0 Å². The molecule has 1 unspecified atom stereocenters. The monoisotopic (exact) mass is 461 g/mol. The normalized spacial score (nSPS) is 11.9. The average Bonchev–Trinajstić information content (AvgIpc) is 2.84. The summed E-state index contributed by atoms with van der Waals surface area (Å²) in [7, 11) is 0. The molecule has 0 radical (unpaired) electrons. The SMILES string of the molecule is CC(CNC(=O)Cn1c(=O)c(=O)n(Cc2ccc(Cl)cc2)c2ccccc21)c1ccccc1. The second-order valence-corrected chi connectivity index (χ2v) is 8.45. The summed E-state index contributed by atoms with van der Waals surface area (Å²) in [4.78, 5) is 38.6. The van der Waals surface area contributed by atoms with Crippen molar-refractivity contribution in [1.29, 1.82) is 0 Å². The largest absolute Gasteiger partial charge is 0.354 e. The summed E-state index contributed by atoms with van der Waals surface area (Å²) in [5.74, 6) is -0.198. The zero-order valence-corrected chi connectivity index (χ0v) is 19.0. The van der Waals surface area contributed by atoms with Gasteiger partial charge in [0.1, 0.15) is 6.54 Å². The fourth-order valence-corrected chi connectivity index (χ4v) is 3.95. The molecule has 0 saturated carbocycles. The van der Waals surface area contributed by atoms with E-state index in [0.717, 1.165) is 11.1 Å². The van der Waals surface area contributed by atoms with Crippen LogP contribution in [0.25, 0.3) is 11.0 Å². The molecule has 6 nitrogen and oxygen atoms in total. The van der Waals surface area contributed by atoms with Gasteiger partial charge in [-0.15, -0.1) is 0 Å². The summed E-state index contributed by atoms with van der Waals surface area (Å²) in [6.07, 6.45) is 0. The molecule has 0 aliphatic carbocycles. The van der Waals surface area contributed by atoms with Crippen molar-refractivity contribution in [1.82, 2.24) is 14.5 Å². The summed E-state index contributed by atoms with van der Waals surface area (Å²) in [5.41, 5.74) is 1.68. The first-order chi connectivity index (χ1) is 15.9. The third-order valence-electron chi connectivity index (χ3n) is 5.67. The van der Waals surface area contributed by atoms with Gasteiger partial charge in [0.15, 0.2) is 0 Å². The van der Waals surface area contributed by atoms with Crippen molar-refractivity contribution in [2.75, 3.05) is 6.54 Å². The lowest BCUT2D eigenvalue weighted by atomic mass is 10.0. The lowest BCUT2D eigenvalue weighted by Crippen LogP contribution is -2.44. The van der Waals surface area contributed by atoms with Gasteiger partial charge in [0.25, 0.3) is 0 Å². The average molecular weight is 462 g/mol. The van der Waals surface area contributed by atoms with Gasteiger partial charge in [0, 0.05) is 11.6 Å². The number of fused-ring (bicyclic) bond motifs is 1. The summed E-state index contributed by atoms with van der Waals surface area (Å²) in [5, 5.41) is 3.48. The Labute approximate surface area is 196 Å². The maximum atomic E-state index is 13.0. The van der Waals surface area contributed by atoms with Crippen molar-refractivity contribution in [2.24, 2.45) is 0 Å². The minimum Gasteiger partial charge on any atom is -0.354 e. The highest BCUT2D eigenvalue weighted by atomic mass is 35.5. The molecule has 3 aromatic carbocycles. The van der Waals surface area contributed by atoms with E-state index in [1.54, 1.807) is 36.4 Å². The Morgan fingerprint density at radius 1 is 0.848 bits per heavy atom. The smallest absolute Gasteiger partial charge is 0.317 e. The van der Waals surface area contributed by atoms with E-state index in [2.05, 4.69) is 5.32 Å². The van der Waals surface area contributed by atoms with Crippen LogP contribution in [-0.4, -0.2) is 21.6 Å². The molecule has 0 saturated heterocycles. The van der Waals surface area contributed by atoms with Crippen molar-refractivity contribution >= 4 is 28.5 Å². The van der Waals surface area contributed by atoms with Crippen LogP contribution in [0, 0.1) is 0 Å². The first-order valence-corrected chi connectivity index (χ1v) is 11.1. The predicted molar refractivity (Wildman–Crippen MR) is 131 cm³/mol. The van der Waals surface area contributed by atoms with Crippen molar-refractivity contribution in [3.05, 3.63) is 116 Å². The number of para-hydroxylation sites is 2. The van der Waals surface area contributed by atoms with Crippen LogP contribution in [0.15, 0.2) is 88.5 Å². The molecule has 33 heavy (non-hydrogen) atoms. The van der Waals surface area contributed by atoms with Gasteiger partial charge in [-0.05, 0) is 41.3 Å². The summed E-state index contributed by atoms with van der Waals surface area (Å²) in [6.45, 7) is 2.46. The van der Waals surface area contributed by atoms with Gasteiger partial charge in [-0.25, -0.2) is 0 Å². The molecule has 0 spiro atoms. The van der Waals surface area contributed by atoms with E-state index in [1.807, 2.05) is 49.4 Å². The Morgan fingerprint density at radius 2 is 1.42 bits per heavy atom. The van der Waals surface area contributed by atoms with Crippen LogP contribution in [-0.2, 0) is 17.9 Å². The van der Waals surface area contributed by atoms with Gasteiger partial charge >= 0.3 is 11.1 Å². The number of hydrogen-bond donors (Lipinski definition) is 1. The number of carbonyl (C=O) groups excluding carboxylic acids is 1. The Bertz CT molecular complexity index is 1390. The molecule has 1 heterocycles. The molecule has 1 aromatic heterocycles. The van der Waals surface area contributed by atoms with E-state index in [-0.39, 0.29) is 24.9 Å². The minimum absolute atomic E-state index is 0.121. The minimum atomic E-state index is -0.728. The maximum Gasteiger partial charge on any atom is 0.317 e. The zero-order chi connectivity index (χ0) is 23.4. The van der Waals surface area contributed by atoms with Crippen molar-refractivity contribution in [3.63, 3.8) is 0 Å². The molecule has 1 amide bonds. The van der Waals surface area contributed by atoms with Gasteiger partial charge in [0.05, 0.1) is 17.6 Å². The van der Waals surface area contributed by atoms with Crippen LogP contribution < -0.4 is 16.4 Å². The fraction of sp³-hybridized carbons (Fsp3) is 0.192. The quantitative estimate of drug-likeness (QED) is 0.426. The Balaban J connectivity index is 1.60. The van der Waals surface area contributed by atoms with Crippen LogP contribution in [0.3, 0.4) is 0 Å². The Kier molecular flexibility index (Phi) is 6.75. The molecule has 4 aromatic rings. The number of aromatic nitrogens is 2. The predicted octanol–water partition coefficient (Wildman–Crippen LogP) is 3.78. The first kappa shape index (κ1) is 22.6. The second-order valence-electron chi connectivity index (χ2n) is 8.01. The van der Waals surface area contributed by atoms with Crippen LogP contribution in [0.2, 0.25) is 5.02 Å². The number of benzene rings is 3. The fourth-order valence-electron chi connectivity index (χ4n) is 3.82. The highest BCUT2D eigenvalue weighted by Gasteiger charge is 2.16. The van der Waals surface area contributed by atoms with E-state index < -0.39 is 11.1 Å². The third kappa shape index (κ3) is 5.07. The number of hydrogen-bond acceptors (Lipinski definition) is 3. The maximum absolute atomic E-state index is 13.0. The van der Waals surface area contributed by atoms with E-state index >= 15 is 0 Å². The zero-order valence-electron chi connectivity index (χ0n) is 18.2. The number of carbonyl (C=O) groups is 1. The number of rotatable bonds is 7. The molecular formula is C26H24ClN3O3. The molecule has 4 rings (SSSR count). The second kappa shape index (κ2) is 9.88. The third-order valence-corrected chi connectivity index (χ3v) is 5.92. The van der Waals surface area contributed by atoms with Crippen LogP contribution in [0.5, 0.6) is 0 Å². The molecule has 0 aliphatic rings. The molecule has 1 N–H and O–H groups in total. The van der Waals surface area contributed by atoms with Crippen molar-refractivity contribution in [2.45, 2.75) is 25.9 Å². The highest BCUT2D eigenvalue weighted by molar-refractivity contribution is 6.30. The topological polar surface area (TPSA) is 73.1 Å². The molecule has 168 valence electrons. The first-order valence-electron chi connectivity index (χ1n) is 10.7. The van der Waals surface area contributed by atoms with Crippen LogP contribution >= 0.6 is 11.6 Å². The van der Waals surface area contributed by atoms with Gasteiger partial charge in [-0.1, -0.05) is 73.1 Å². The van der Waals surface area contributed by atoms with Crippen LogP contribution in [0.4, 0.5) is 0 Å². The lowest BCUT2D eigenvalue weighted by Gasteiger charge is -2.16. The Morgan fingerprint density at radius 3 is 2.09 bits per heavy atom. The van der Waals surface area contributed by atoms with Gasteiger partial charge < -0.3 is 5.32 Å². The van der Waals surface area contributed by atoms with Gasteiger partial charge in [-0.3, -0.25) is 23.5 Å². The summed E-state index contributed by atoms with van der Waals surface area (Å²) < 4.78 is 2.69. The molecule has 0 aliphatic heterocycles. The van der Waals surface area contributed by atoms with E-state index in [0.29, 0.717) is 22.6 Å². The molecule has 7 heteroatoms. The van der Waals surface area contributed by atoms with Gasteiger partial charge in [0.2, 0.25) is 5.91 Å². The standard InChI is InChI=1S/C26H24ClN3O3/c1-18(20-7-3-2-4-8-20)15-28-24(31)17-30-23-10-6-5-9-22(23)29(25(32)26(30)33)16-19-11-13-21(27)14-12-19/h2-14,18H,15-17H2,1H3,(H,28,31). The van der Waals surface area contributed by atoms with Crippen LogP contribution in [0.1, 0.15) is 24.0 Å². The van der Waals surface area contributed by atoms with E-state index in [4.69, 9.17) is 11.6 Å². The van der Waals surface area contributed by atoms with Crippen molar-refractivity contribution < 1.29 is 4.79 Å². The number of amides is 1. The summed E-state index contributed by atoms with van der Waals surface area (Å²) >= 11 is 5.96. The molecule has 0 bridgehead atoms. The molecular weight excluding hydrogens is 438 g/mol. The lowest BCUT2D eigenvalue weighted by molar-refractivity contribution is -0.121. The van der Waals surface area contributed by atoms with E-state index in [9.17, 15) is 14.4 Å². The number of nitrogens with zero attached hydrogens (tertiary/aromatic N) is 2. The number of nitrogens with one attached hydrogen (secondary N) is 1. The van der Waals surface area contributed by atoms with E-state index in [1.165, 1.54) is 9.13 Å². The summed E-state index contributed by atoms with van der Waals surface area (Å²) in [6, 6.07) is 24.1. The molecule has 1 atom stereocenters. The van der Waals surface area contributed by atoms with Crippen molar-refractivity contribution in [3.8, 4) is 0 Å². The Hall–Kier alpha value is -3.64. The molecule has 0 fully saturated rings. The number of halogens is 1.